The molecule has 1 aliphatic carbocycles. The summed E-state index contributed by atoms with van der Waals surface area (Å²) in [6.45, 7) is 2.20. The molecule has 27 heavy (non-hydrogen) atoms. The van der Waals surface area contributed by atoms with E-state index in [-0.39, 0.29) is 11.8 Å². The van der Waals surface area contributed by atoms with Crippen LogP contribution in [-0.2, 0) is 6.42 Å². The van der Waals surface area contributed by atoms with Crippen molar-refractivity contribution in [2.75, 3.05) is 0 Å². The first-order valence-electron chi connectivity index (χ1n) is 10.5. The molecule has 0 heterocycles. The van der Waals surface area contributed by atoms with Gasteiger partial charge in [0.05, 0.1) is 18.3 Å². The zero-order valence-corrected chi connectivity index (χ0v) is 16.6. The van der Waals surface area contributed by atoms with E-state index in [4.69, 9.17) is 0 Å². The number of hydrogen-bond acceptors (Lipinski definition) is 3. The number of hydrogen-bond donors (Lipinski definition) is 3. The number of rotatable bonds is 11. The van der Waals surface area contributed by atoms with E-state index in [1.807, 2.05) is 24.3 Å². The summed E-state index contributed by atoms with van der Waals surface area (Å²) in [6, 6.07) is 10.1. The molecule has 1 aliphatic rings. The summed E-state index contributed by atoms with van der Waals surface area (Å²) in [5, 5.41) is 30.9. The molecule has 150 valence electrons. The van der Waals surface area contributed by atoms with Crippen LogP contribution in [0.4, 0.5) is 0 Å². The minimum absolute atomic E-state index is 0.0278. The lowest BCUT2D eigenvalue weighted by molar-refractivity contribution is 0.120. The van der Waals surface area contributed by atoms with Crippen molar-refractivity contribution in [1.29, 1.82) is 0 Å². The minimum Gasteiger partial charge on any atom is -0.393 e. The van der Waals surface area contributed by atoms with Gasteiger partial charge in [-0.15, -0.1) is 0 Å². The van der Waals surface area contributed by atoms with Crippen molar-refractivity contribution >= 4 is 0 Å². The van der Waals surface area contributed by atoms with Gasteiger partial charge in [-0.25, -0.2) is 0 Å². The molecule has 0 unspecified atom stereocenters. The molecule has 0 saturated heterocycles. The molecule has 3 N–H and O–H groups in total. The van der Waals surface area contributed by atoms with Crippen molar-refractivity contribution in [3.8, 4) is 0 Å². The van der Waals surface area contributed by atoms with Gasteiger partial charge < -0.3 is 15.3 Å². The number of allylic oxidation sites excluding steroid dienone is 2. The van der Waals surface area contributed by atoms with Gasteiger partial charge in [0, 0.05) is 12.3 Å². The molecule has 1 saturated carbocycles. The van der Waals surface area contributed by atoms with E-state index in [2.05, 4.69) is 31.2 Å². The van der Waals surface area contributed by atoms with Gasteiger partial charge in [0.1, 0.15) is 0 Å². The van der Waals surface area contributed by atoms with E-state index in [1.54, 1.807) is 6.08 Å². The van der Waals surface area contributed by atoms with E-state index in [1.165, 1.54) is 24.8 Å². The van der Waals surface area contributed by atoms with Gasteiger partial charge >= 0.3 is 0 Å². The number of aliphatic hydroxyl groups is 3. The lowest BCUT2D eigenvalue weighted by Crippen LogP contribution is -2.20. The Morgan fingerprint density at radius 2 is 1.85 bits per heavy atom. The third kappa shape index (κ3) is 7.61. The summed E-state index contributed by atoms with van der Waals surface area (Å²) in [6.07, 6.45) is 14.0. The van der Waals surface area contributed by atoms with Crippen molar-refractivity contribution < 1.29 is 15.3 Å². The van der Waals surface area contributed by atoms with Crippen LogP contribution in [0.3, 0.4) is 0 Å². The molecule has 1 fully saturated rings. The van der Waals surface area contributed by atoms with E-state index in [0.29, 0.717) is 12.8 Å². The Morgan fingerprint density at radius 1 is 1.07 bits per heavy atom. The highest BCUT2D eigenvalue weighted by Crippen LogP contribution is 2.36. The standard InChI is InChI=1S/C24H36O3/c1-2-3-4-5-6-10-13-21-22(24(27)18-23(21)26)17-16-20(25)15-14-19-11-8-7-9-12-19/h6-12,16-17,20-27H,2-5,13-15,18H2,1H3/b10-6-,17-16+/t20-,21+,22+,23-,24+/m0/s1. The molecule has 5 atom stereocenters. The highest BCUT2D eigenvalue weighted by molar-refractivity contribution is 5.15. The summed E-state index contributed by atoms with van der Waals surface area (Å²) in [7, 11) is 0. The van der Waals surface area contributed by atoms with Crippen LogP contribution in [0.1, 0.15) is 57.4 Å². The predicted octanol–water partition coefficient (Wildman–Crippen LogP) is 4.42. The number of aryl methyl sites for hydroxylation is 1. The molecule has 3 heteroatoms. The van der Waals surface area contributed by atoms with Crippen LogP contribution >= 0.6 is 0 Å². The fourth-order valence-corrected chi connectivity index (χ4v) is 3.90. The van der Waals surface area contributed by atoms with Gasteiger partial charge in [0.25, 0.3) is 0 Å². The topological polar surface area (TPSA) is 60.7 Å². The number of benzene rings is 1. The molecular weight excluding hydrogens is 336 g/mol. The maximum Gasteiger partial charge on any atom is 0.0724 e. The first kappa shape index (κ1) is 21.9. The number of unbranched alkanes of at least 4 members (excludes halogenated alkanes) is 3. The van der Waals surface area contributed by atoms with Gasteiger partial charge in [-0.3, -0.25) is 0 Å². The van der Waals surface area contributed by atoms with Crippen LogP contribution in [-0.4, -0.2) is 33.6 Å². The predicted molar refractivity (Wildman–Crippen MR) is 111 cm³/mol. The molecule has 0 bridgehead atoms. The average molecular weight is 373 g/mol. The van der Waals surface area contributed by atoms with Crippen molar-refractivity contribution in [2.24, 2.45) is 11.8 Å². The molecule has 0 radical (unpaired) electrons. The summed E-state index contributed by atoms with van der Waals surface area (Å²) in [5.74, 6) is -0.0633. The van der Waals surface area contributed by atoms with E-state index < -0.39 is 18.3 Å². The van der Waals surface area contributed by atoms with E-state index in [9.17, 15) is 15.3 Å². The van der Waals surface area contributed by atoms with Crippen molar-refractivity contribution in [3.05, 3.63) is 60.2 Å². The Balaban J connectivity index is 1.82. The highest BCUT2D eigenvalue weighted by atomic mass is 16.3. The van der Waals surface area contributed by atoms with Crippen molar-refractivity contribution in [3.63, 3.8) is 0 Å². The lowest BCUT2D eigenvalue weighted by atomic mass is 9.89. The molecule has 3 nitrogen and oxygen atoms in total. The molecule has 0 spiro atoms. The molecule has 0 amide bonds. The molecule has 1 aromatic carbocycles. The van der Waals surface area contributed by atoms with Crippen molar-refractivity contribution in [1.82, 2.24) is 0 Å². The second kappa shape index (κ2) is 12.1. The van der Waals surface area contributed by atoms with Gasteiger partial charge in [-0.1, -0.05) is 74.4 Å². The third-order valence-corrected chi connectivity index (χ3v) is 5.59. The fourth-order valence-electron chi connectivity index (χ4n) is 3.90. The first-order valence-corrected chi connectivity index (χ1v) is 10.5. The van der Waals surface area contributed by atoms with Gasteiger partial charge in [-0.2, -0.15) is 0 Å². The van der Waals surface area contributed by atoms with Crippen LogP contribution in [0.2, 0.25) is 0 Å². The molecular formula is C24H36O3. The summed E-state index contributed by atoms with van der Waals surface area (Å²) in [4.78, 5) is 0. The third-order valence-electron chi connectivity index (χ3n) is 5.59. The molecule has 0 aromatic heterocycles. The van der Waals surface area contributed by atoms with Crippen molar-refractivity contribution in [2.45, 2.75) is 76.6 Å². The van der Waals surface area contributed by atoms with Crippen LogP contribution in [0.25, 0.3) is 0 Å². The summed E-state index contributed by atoms with van der Waals surface area (Å²) < 4.78 is 0. The quantitative estimate of drug-likeness (QED) is 0.398. The second-order valence-electron chi connectivity index (χ2n) is 7.79. The average Bonchev–Trinajstić information content (AvgIpc) is 2.94. The zero-order chi connectivity index (χ0) is 19.5. The maximum absolute atomic E-state index is 10.3. The second-order valence-corrected chi connectivity index (χ2v) is 7.79. The largest absolute Gasteiger partial charge is 0.393 e. The first-order chi connectivity index (χ1) is 13.1. The molecule has 1 aromatic rings. The fraction of sp³-hybridized carbons (Fsp3) is 0.583. The Hall–Kier alpha value is -1.42. The summed E-state index contributed by atoms with van der Waals surface area (Å²) >= 11 is 0. The smallest absolute Gasteiger partial charge is 0.0724 e. The Bertz CT molecular complexity index is 566. The Morgan fingerprint density at radius 3 is 2.59 bits per heavy atom. The molecule has 0 aliphatic heterocycles. The molecule has 2 rings (SSSR count). The highest BCUT2D eigenvalue weighted by Gasteiger charge is 2.39. The zero-order valence-electron chi connectivity index (χ0n) is 16.6. The van der Waals surface area contributed by atoms with Gasteiger partial charge in [-0.05, 0) is 43.6 Å². The number of aliphatic hydroxyl groups excluding tert-OH is 3. The van der Waals surface area contributed by atoms with Gasteiger partial charge in [0.2, 0.25) is 0 Å². The minimum atomic E-state index is -0.531. The van der Waals surface area contributed by atoms with Crippen LogP contribution < -0.4 is 0 Å². The maximum atomic E-state index is 10.3. The summed E-state index contributed by atoms with van der Waals surface area (Å²) in [5.41, 5.74) is 1.22. The Labute approximate surface area is 164 Å². The SMILES string of the molecule is CCCCC/C=C\C[C@@H]1[C@@H](/C=C/[C@@H](O)CCc2ccccc2)[C@H](O)C[C@@H]1O. The monoisotopic (exact) mass is 372 g/mol. The van der Waals surface area contributed by atoms with Gasteiger partial charge in [0.15, 0.2) is 0 Å². The Kier molecular flexibility index (Phi) is 9.82. The van der Waals surface area contributed by atoms with Crippen LogP contribution in [0.15, 0.2) is 54.6 Å². The van der Waals surface area contributed by atoms with Crippen LogP contribution in [0.5, 0.6) is 0 Å². The van der Waals surface area contributed by atoms with Crippen LogP contribution in [0, 0.1) is 11.8 Å². The van der Waals surface area contributed by atoms with E-state index >= 15 is 0 Å². The normalized spacial score (nSPS) is 27.0. The van der Waals surface area contributed by atoms with E-state index in [0.717, 1.165) is 19.3 Å². The lowest BCUT2D eigenvalue weighted by Gasteiger charge is -2.19.